The molecular weight excluding hydrogens is 382 g/mol. The van der Waals surface area contributed by atoms with Gasteiger partial charge in [-0.15, -0.1) is 5.10 Å². The second-order valence-corrected chi connectivity index (χ2v) is 6.40. The summed E-state index contributed by atoms with van der Waals surface area (Å²) in [7, 11) is 0. The molecule has 1 aromatic heterocycles. The molecule has 152 valence electrons. The Hall–Kier alpha value is -3.97. The molecule has 1 unspecified atom stereocenters. The van der Waals surface area contributed by atoms with E-state index in [1.54, 1.807) is 41.1 Å². The topological polar surface area (TPSA) is 108 Å². The van der Waals surface area contributed by atoms with Crippen LogP contribution >= 0.6 is 0 Å². The molecule has 3 N–H and O–H groups in total. The summed E-state index contributed by atoms with van der Waals surface area (Å²) in [6.45, 7) is 1.08. The number of allylic oxidation sites excluding steroid dienone is 4. The average Bonchev–Trinajstić information content (AvgIpc) is 3.04. The third-order valence-corrected chi connectivity index (χ3v) is 4.06. The number of carbonyl (C=O) groups is 1. The van der Waals surface area contributed by atoms with Crippen LogP contribution in [-0.2, 0) is 4.79 Å². The van der Waals surface area contributed by atoms with Crippen LogP contribution in [-0.4, -0.2) is 42.2 Å². The molecule has 0 amide bonds. The number of aromatic nitrogens is 3. The van der Waals surface area contributed by atoms with Crippen LogP contribution in [0.2, 0.25) is 0 Å². The molecule has 7 nitrogen and oxygen atoms in total. The van der Waals surface area contributed by atoms with Gasteiger partial charge in [0.15, 0.2) is 11.6 Å². The van der Waals surface area contributed by atoms with Crippen LogP contribution in [0.4, 0.5) is 0 Å². The van der Waals surface area contributed by atoms with Crippen molar-refractivity contribution in [2.24, 2.45) is 0 Å². The first kappa shape index (κ1) is 20.8. The Morgan fingerprint density at radius 1 is 1.03 bits per heavy atom. The molecule has 4 rings (SSSR count). The zero-order valence-electron chi connectivity index (χ0n) is 16.3. The van der Waals surface area contributed by atoms with Gasteiger partial charge in [0, 0.05) is 12.5 Å². The summed E-state index contributed by atoms with van der Waals surface area (Å²) in [6.07, 6.45) is 8.15. The number of phenols is 1. The van der Waals surface area contributed by atoms with Crippen molar-refractivity contribution in [2.75, 3.05) is 0 Å². The summed E-state index contributed by atoms with van der Waals surface area (Å²) in [4.78, 5) is 13.7. The number of carboxylic acids is 1. The van der Waals surface area contributed by atoms with Crippen molar-refractivity contribution in [3.63, 3.8) is 0 Å². The van der Waals surface area contributed by atoms with Crippen LogP contribution in [0.25, 0.3) is 22.6 Å². The van der Waals surface area contributed by atoms with E-state index >= 15 is 0 Å². The monoisotopic (exact) mass is 403 g/mol. The highest BCUT2D eigenvalue weighted by Gasteiger charge is 2.18. The van der Waals surface area contributed by atoms with E-state index < -0.39 is 12.1 Å². The Labute approximate surface area is 173 Å². The molecule has 0 saturated carbocycles. The molecule has 0 saturated heterocycles. The number of rotatable bonds is 3. The van der Waals surface area contributed by atoms with Gasteiger partial charge in [-0.2, -0.15) is 0 Å². The maximum atomic E-state index is 10.3. The smallest absolute Gasteiger partial charge is 0.300 e. The maximum Gasteiger partial charge on any atom is 0.300 e. The van der Waals surface area contributed by atoms with Crippen molar-refractivity contribution < 1.29 is 20.1 Å². The molecule has 1 aliphatic rings. The fraction of sp³-hybridized carbons (Fsp3) is 0.0870. The van der Waals surface area contributed by atoms with Gasteiger partial charge >= 0.3 is 0 Å². The lowest BCUT2D eigenvalue weighted by molar-refractivity contribution is -0.134. The zero-order chi connectivity index (χ0) is 21.5. The van der Waals surface area contributed by atoms with E-state index in [2.05, 4.69) is 10.1 Å². The predicted octanol–water partition coefficient (Wildman–Crippen LogP) is 3.60. The molecule has 0 fully saturated rings. The first-order valence-corrected chi connectivity index (χ1v) is 9.21. The molecular formula is C23H21N3O4. The third kappa shape index (κ3) is 5.09. The number of carboxylic acid groups (broad SMARTS) is 1. The van der Waals surface area contributed by atoms with Gasteiger partial charge in [0.25, 0.3) is 5.97 Å². The number of aromatic hydroxyl groups is 1. The number of para-hydroxylation sites is 2. The van der Waals surface area contributed by atoms with E-state index in [1.165, 1.54) is 0 Å². The largest absolute Gasteiger partial charge is 0.507 e. The quantitative estimate of drug-likeness (QED) is 0.617. The Balaban J connectivity index is 0.000000589. The van der Waals surface area contributed by atoms with E-state index in [1.807, 2.05) is 48.6 Å². The summed E-state index contributed by atoms with van der Waals surface area (Å²) >= 11 is 0. The second-order valence-electron chi connectivity index (χ2n) is 6.40. The van der Waals surface area contributed by atoms with E-state index in [-0.39, 0.29) is 5.75 Å². The van der Waals surface area contributed by atoms with Gasteiger partial charge in [0.05, 0.1) is 17.4 Å². The van der Waals surface area contributed by atoms with Crippen LogP contribution in [0.5, 0.6) is 5.75 Å². The first-order chi connectivity index (χ1) is 14.5. The fourth-order valence-corrected chi connectivity index (χ4v) is 2.80. The third-order valence-electron chi connectivity index (χ3n) is 4.06. The van der Waals surface area contributed by atoms with Crippen molar-refractivity contribution >= 4 is 11.5 Å². The van der Waals surface area contributed by atoms with E-state index in [0.29, 0.717) is 22.8 Å². The number of benzene rings is 2. The van der Waals surface area contributed by atoms with Crippen LogP contribution in [0.1, 0.15) is 12.7 Å². The number of phenolic OH excluding ortho intramolecular Hbond substituents is 1. The van der Waals surface area contributed by atoms with Gasteiger partial charge in [-0.3, -0.25) is 4.79 Å². The second kappa shape index (κ2) is 9.49. The number of hydrogen-bond donors (Lipinski definition) is 3. The molecule has 0 spiro atoms. The minimum Gasteiger partial charge on any atom is -0.507 e. The van der Waals surface area contributed by atoms with Gasteiger partial charge in [-0.1, -0.05) is 54.6 Å². The summed E-state index contributed by atoms with van der Waals surface area (Å²) in [6, 6.07) is 16.7. The molecule has 1 heterocycles. The lowest BCUT2D eigenvalue weighted by atomic mass is 10.1. The minimum absolute atomic E-state index is 0.135. The minimum atomic E-state index is -0.833. The maximum absolute atomic E-state index is 10.3. The van der Waals surface area contributed by atoms with Gasteiger partial charge in [-0.05, 0) is 30.3 Å². The number of hydrogen-bond acceptors (Lipinski definition) is 5. The lowest BCUT2D eigenvalue weighted by Gasteiger charge is -2.06. The average molecular weight is 403 g/mol. The van der Waals surface area contributed by atoms with Crippen molar-refractivity contribution in [3.05, 3.63) is 90.8 Å². The van der Waals surface area contributed by atoms with Crippen molar-refractivity contribution in [2.45, 2.75) is 13.0 Å². The zero-order valence-corrected chi connectivity index (χ0v) is 16.3. The van der Waals surface area contributed by atoms with Crippen LogP contribution in [0.3, 0.4) is 0 Å². The Bertz CT molecular complexity index is 1110. The van der Waals surface area contributed by atoms with Crippen LogP contribution < -0.4 is 0 Å². The fourth-order valence-electron chi connectivity index (χ4n) is 2.80. The number of aliphatic hydroxyl groups excluding tert-OH is 1. The summed E-state index contributed by atoms with van der Waals surface area (Å²) < 4.78 is 1.70. The Morgan fingerprint density at radius 2 is 1.70 bits per heavy atom. The van der Waals surface area contributed by atoms with Crippen molar-refractivity contribution in [1.82, 2.24) is 14.8 Å². The van der Waals surface area contributed by atoms with Gasteiger partial charge in [0.1, 0.15) is 5.75 Å². The van der Waals surface area contributed by atoms with Gasteiger partial charge in [-0.25, -0.2) is 9.67 Å². The first-order valence-electron chi connectivity index (χ1n) is 9.21. The molecule has 0 bridgehead atoms. The Morgan fingerprint density at radius 3 is 2.40 bits per heavy atom. The standard InChI is InChI=1S/C21H17N3O2.C2H4O2/c25-17-11-5-4-8-15(14-17)20-22-21(18-12-6-7-13-19(18)26)24(23-20)16-9-2-1-3-10-16;1-2(3)4/h1-14,17,25-26H;1H3,(H,3,4). The lowest BCUT2D eigenvalue weighted by Crippen LogP contribution is -2.00. The summed E-state index contributed by atoms with van der Waals surface area (Å²) in [5, 5.41) is 32.3. The van der Waals surface area contributed by atoms with E-state index in [4.69, 9.17) is 9.90 Å². The van der Waals surface area contributed by atoms with Gasteiger partial charge < -0.3 is 15.3 Å². The molecule has 0 radical (unpaired) electrons. The van der Waals surface area contributed by atoms with Gasteiger partial charge in [0.2, 0.25) is 0 Å². The molecule has 1 atom stereocenters. The molecule has 2 aromatic carbocycles. The SMILES string of the molecule is CC(=O)O.Oc1ccccc1-c1nc(C2=CC(O)C=CC=C2)nn1-c1ccccc1. The molecule has 1 aliphatic carbocycles. The highest BCUT2D eigenvalue weighted by atomic mass is 16.4. The number of aliphatic hydroxyl groups is 1. The molecule has 30 heavy (non-hydrogen) atoms. The van der Waals surface area contributed by atoms with E-state index in [9.17, 15) is 10.2 Å². The van der Waals surface area contributed by atoms with Crippen LogP contribution in [0, 0.1) is 0 Å². The predicted molar refractivity (Wildman–Crippen MR) is 114 cm³/mol. The Kier molecular flexibility index (Phi) is 6.56. The summed E-state index contributed by atoms with van der Waals surface area (Å²) in [5.41, 5.74) is 2.14. The van der Waals surface area contributed by atoms with Crippen molar-refractivity contribution in [1.29, 1.82) is 0 Å². The highest BCUT2D eigenvalue weighted by Crippen LogP contribution is 2.30. The highest BCUT2D eigenvalue weighted by molar-refractivity contribution is 5.74. The van der Waals surface area contributed by atoms with Crippen molar-refractivity contribution in [3.8, 4) is 22.8 Å². The molecule has 7 heteroatoms. The molecule has 3 aromatic rings. The van der Waals surface area contributed by atoms with E-state index in [0.717, 1.165) is 12.6 Å². The van der Waals surface area contributed by atoms with Crippen LogP contribution in [0.15, 0.2) is 85.0 Å². The molecule has 0 aliphatic heterocycles. The number of aliphatic carboxylic acids is 1. The summed E-state index contributed by atoms with van der Waals surface area (Å²) in [5.74, 6) is 0.312. The number of nitrogens with zero attached hydrogens (tertiary/aromatic N) is 3. The normalized spacial score (nSPS) is 15.0.